The van der Waals surface area contributed by atoms with Crippen molar-refractivity contribution in [2.75, 3.05) is 12.5 Å². The van der Waals surface area contributed by atoms with Crippen LogP contribution in [0.15, 0.2) is 0 Å². The summed E-state index contributed by atoms with van der Waals surface area (Å²) in [5.74, 6) is 0. The number of hydrogen-bond acceptors (Lipinski definition) is 2. The fourth-order valence-electron chi connectivity index (χ4n) is 0. The first kappa shape index (κ1) is 13.3. The van der Waals surface area contributed by atoms with E-state index in [0.717, 1.165) is 0 Å². The Bertz CT molecular complexity index is 52.8. The summed E-state index contributed by atoms with van der Waals surface area (Å²) in [4.78, 5) is 0. The quantitative estimate of drug-likeness (QED) is 0.558. The van der Waals surface area contributed by atoms with Gasteiger partial charge in [-0.15, -0.1) is 0 Å². The van der Waals surface area contributed by atoms with Crippen LogP contribution in [0.25, 0.3) is 0 Å². The summed E-state index contributed by atoms with van der Waals surface area (Å²) in [7, 11) is 3.55. The molecule has 0 N–H and O–H groups in total. The van der Waals surface area contributed by atoms with Crippen LogP contribution in [0.2, 0.25) is 0 Å². The second-order valence-electron chi connectivity index (χ2n) is 3.25. The van der Waals surface area contributed by atoms with Crippen molar-refractivity contribution in [3.8, 4) is 0 Å². The molecule has 0 saturated heterocycles. The summed E-state index contributed by atoms with van der Waals surface area (Å²) < 4.78 is 0. The predicted molar refractivity (Wildman–Crippen MR) is 56.8 cm³/mol. The maximum absolute atomic E-state index is 2.24. The lowest BCUT2D eigenvalue weighted by Crippen LogP contribution is -2.00. The number of hydrogen-bond donors (Lipinski definition) is 0. The average Bonchev–Trinajstić information content (AvgIpc) is 1.87. The van der Waals surface area contributed by atoms with Crippen LogP contribution in [0.5, 0.6) is 0 Å². The zero-order chi connectivity index (χ0) is 8.62. The molecule has 0 aromatic carbocycles. The molecule has 0 bridgehead atoms. The molecule has 0 heterocycles. The highest BCUT2D eigenvalue weighted by atomic mass is 33.1. The van der Waals surface area contributed by atoms with Crippen LogP contribution in [-0.4, -0.2) is 12.5 Å². The molecule has 0 aliphatic rings. The Balaban J connectivity index is 0. The van der Waals surface area contributed by atoms with Crippen molar-refractivity contribution in [3.63, 3.8) is 0 Å². The highest BCUT2D eigenvalue weighted by Crippen LogP contribution is 2.16. The molecule has 0 saturated carbocycles. The van der Waals surface area contributed by atoms with E-state index in [2.05, 4.69) is 40.2 Å². The number of rotatable bonds is 1. The highest BCUT2D eigenvalue weighted by Gasteiger charge is 2.03. The highest BCUT2D eigenvalue weighted by molar-refractivity contribution is 8.76. The lowest BCUT2D eigenvalue weighted by Gasteiger charge is -2.12. The standard InChI is InChI=1S/C6H14.C2H6S2/c1-5-6(2,3)4;1-3-4-2/h5H2,1-4H3;1-2H3. The zero-order valence-corrected chi connectivity index (χ0v) is 9.66. The summed E-state index contributed by atoms with van der Waals surface area (Å²) in [6.45, 7) is 8.94. The minimum absolute atomic E-state index is 0.542. The van der Waals surface area contributed by atoms with Crippen molar-refractivity contribution in [1.29, 1.82) is 0 Å². The topological polar surface area (TPSA) is 0 Å². The summed E-state index contributed by atoms with van der Waals surface area (Å²) in [5, 5.41) is 0. The van der Waals surface area contributed by atoms with Crippen LogP contribution in [0.4, 0.5) is 0 Å². The van der Waals surface area contributed by atoms with Gasteiger partial charge in [0.25, 0.3) is 0 Å². The molecule has 0 aliphatic carbocycles. The average molecular weight is 180 g/mol. The van der Waals surface area contributed by atoms with E-state index < -0.39 is 0 Å². The van der Waals surface area contributed by atoms with Crippen LogP contribution < -0.4 is 0 Å². The molecule has 0 rings (SSSR count). The molecule has 0 nitrogen and oxygen atoms in total. The molecule has 0 aromatic rings. The Labute approximate surface area is 73.9 Å². The van der Waals surface area contributed by atoms with Gasteiger partial charge in [-0.05, 0) is 17.9 Å². The summed E-state index contributed by atoms with van der Waals surface area (Å²) in [5.41, 5.74) is 0.542. The molecule has 0 spiro atoms. The van der Waals surface area contributed by atoms with Gasteiger partial charge in [-0.2, -0.15) is 0 Å². The Morgan fingerprint density at radius 2 is 1.20 bits per heavy atom. The van der Waals surface area contributed by atoms with E-state index in [-0.39, 0.29) is 0 Å². The smallest absolute Gasteiger partial charge is 0.00793 e. The van der Waals surface area contributed by atoms with Gasteiger partial charge < -0.3 is 0 Å². The van der Waals surface area contributed by atoms with Crippen LogP contribution in [0.1, 0.15) is 34.1 Å². The first-order chi connectivity index (χ1) is 4.47. The molecule has 0 unspecified atom stereocenters. The van der Waals surface area contributed by atoms with E-state index in [0.29, 0.717) is 5.41 Å². The Kier molecular flexibility index (Phi) is 10.4. The van der Waals surface area contributed by atoms with Gasteiger partial charge >= 0.3 is 0 Å². The third-order valence-electron chi connectivity index (χ3n) is 1.23. The predicted octanol–water partition coefficient (Wildman–Crippen LogP) is 4.07. The molecule has 0 atom stereocenters. The maximum atomic E-state index is 2.24. The van der Waals surface area contributed by atoms with Crippen molar-refractivity contribution < 1.29 is 0 Å². The van der Waals surface area contributed by atoms with Crippen LogP contribution >= 0.6 is 21.6 Å². The lowest BCUT2D eigenvalue weighted by molar-refractivity contribution is 0.398. The molecular formula is C8H20S2. The van der Waals surface area contributed by atoms with E-state index in [1.54, 1.807) is 21.6 Å². The molecule has 0 fully saturated rings. The van der Waals surface area contributed by atoms with Crippen LogP contribution in [0, 0.1) is 5.41 Å². The van der Waals surface area contributed by atoms with Crippen molar-refractivity contribution >= 4 is 21.6 Å². The first-order valence-electron chi connectivity index (χ1n) is 3.54. The molecule has 0 amide bonds. The van der Waals surface area contributed by atoms with E-state index >= 15 is 0 Å². The lowest BCUT2D eigenvalue weighted by atomic mass is 9.94. The van der Waals surface area contributed by atoms with Crippen molar-refractivity contribution in [1.82, 2.24) is 0 Å². The zero-order valence-electron chi connectivity index (χ0n) is 8.02. The van der Waals surface area contributed by atoms with Crippen molar-refractivity contribution in [2.45, 2.75) is 34.1 Å². The normalized spacial score (nSPS) is 10.2. The van der Waals surface area contributed by atoms with Gasteiger partial charge in [0.2, 0.25) is 0 Å². The second kappa shape index (κ2) is 7.80. The van der Waals surface area contributed by atoms with E-state index in [1.165, 1.54) is 6.42 Å². The molecule has 10 heavy (non-hydrogen) atoms. The first-order valence-corrected chi connectivity index (χ1v) is 6.51. The fourth-order valence-corrected chi connectivity index (χ4v) is 0. The van der Waals surface area contributed by atoms with Gasteiger partial charge in [-0.3, -0.25) is 0 Å². The summed E-state index contributed by atoms with van der Waals surface area (Å²) >= 11 is 0. The monoisotopic (exact) mass is 180 g/mol. The van der Waals surface area contributed by atoms with Crippen LogP contribution in [-0.2, 0) is 0 Å². The van der Waals surface area contributed by atoms with Crippen LogP contribution in [0.3, 0.4) is 0 Å². The SMILES string of the molecule is CCC(C)(C)C.CSSC. The Morgan fingerprint density at radius 3 is 1.20 bits per heavy atom. The van der Waals surface area contributed by atoms with Gasteiger partial charge in [0, 0.05) is 0 Å². The molecular weight excluding hydrogens is 160 g/mol. The molecule has 64 valence electrons. The second-order valence-corrected chi connectivity index (χ2v) is 5.91. The van der Waals surface area contributed by atoms with Gasteiger partial charge in [0.05, 0.1) is 0 Å². The largest absolute Gasteiger partial charge is 0.0979 e. The third-order valence-corrected chi connectivity index (χ3v) is 2.56. The maximum Gasteiger partial charge on any atom is -0.00793 e. The fraction of sp³-hybridized carbons (Fsp3) is 1.00. The van der Waals surface area contributed by atoms with E-state index in [4.69, 9.17) is 0 Å². The van der Waals surface area contributed by atoms with E-state index in [1.807, 2.05) is 0 Å². The van der Waals surface area contributed by atoms with Gasteiger partial charge in [0.1, 0.15) is 0 Å². The Morgan fingerprint density at radius 1 is 1.00 bits per heavy atom. The third kappa shape index (κ3) is 23.4. The molecule has 0 aromatic heterocycles. The molecule has 0 aliphatic heterocycles. The van der Waals surface area contributed by atoms with Gasteiger partial charge in [-0.25, -0.2) is 0 Å². The van der Waals surface area contributed by atoms with E-state index in [9.17, 15) is 0 Å². The summed E-state index contributed by atoms with van der Waals surface area (Å²) in [6.07, 6.45) is 5.39. The Hall–Kier alpha value is 0.700. The van der Waals surface area contributed by atoms with Crippen molar-refractivity contribution in [3.05, 3.63) is 0 Å². The van der Waals surface area contributed by atoms with Gasteiger partial charge in [-0.1, -0.05) is 55.7 Å². The molecule has 0 radical (unpaired) electrons. The van der Waals surface area contributed by atoms with Crippen molar-refractivity contribution in [2.24, 2.45) is 5.41 Å². The summed E-state index contributed by atoms with van der Waals surface area (Å²) in [6, 6.07) is 0. The van der Waals surface area contributed by atoms with Gasteiger partial charge in [0.15, 0.2) is 0 Å². The minimum Gasteiger partial charge on any atom is -0.0979 e. The minimum atomic E-state index is 0.542. The molecule has 2 heteroatoms.